The van der Waals surface area contributed by atoms with Crippen LogP contribution in [0, 0.1) is 10.1 Å². The SMILES string of the molecule is O=[N+]([O-])c1ccc(-n2c3ccccc3c3ccccc32)cc1-c1cccc2c1oc1ccccc12. The number of furan rings is 1. The second-order valence-corrected chi connectivity index (χ2v) is 8.61. The van der Waals surface area contributed by atoms with E-state index in [0.717, 1.165) is 43.8 Å². The number of aromatic nitrogens is 1. The van der Waals surface area contributed by atoms with Gasteiger partial charge in [-0.15, -0.1) is 0 Å². The van der Waals surface area contributed by atoms with Gasteiger partial charge in [-0.2, -0.15) is 0 Å². The third-order valence-corrected chi connectivity index (χ3v) is 6.71. The van der Waals surface area contributed by atoms with Gasteiger partial charge in [0.05, 0.1) is 21.5 Å². The van der Waals surface area contributed by atoms with E-state index in [1.165, 1.54) is 0 Å². The molecule has 5 heteroatoms. The van der Waals surface area contributed by atoms with Gasteiger partial charge in [-0.05, 0) is 30.3 Å². The molecule has 2 aromatic heterocycles. The lowest BCUT2D eigenvalue weighted by Crippen LogP contribution is -1.98. The van der Waals surface area contributed by atoms with E-state index in [0.29, 0.717) is 16.7 Å². The maximum Gasteiger partial charge on any atom is 0.277 e. The maximum atomic E-state index is 12.1. The highest BCUT2D eigenvalue weighted by atomic mass is 16.6. The number of para-hydroxylation sites is 4. The van der Waals surface area contributed by atoms with Crippen LogP contribution in [-0.4, -0.2) is 9.49 Å². The Labute approximate surface area is 199 Å². The lowest BCUT2D eigenvalue weighted by atomic mass is 10.00. The first-order valence-corrected chi connectivity index (χ1v) is 11.4. The van der Waals surface area contributed by atoms with Crippen LogP contribution in [0.15, 0.2) is 114 Å². The number of hydrogen-bond acceptors (Lipinski definition) is 3. The Kier molecular flexibility index (Phi) is 4.08. The van der Waals surface area contributed by atoms with Crippen LogP contribution in [-0.2, 0) is 0 Å². The minimum absolute atomic E-state index is 0.0440. The lowest BCUT2D eigenvalue weighted by molar-refractivity contribution is -0.384. The Morgan fingerprint density at radius 3 is 1.97 bits per heavy atom. The van der Waals surface area contributed by atoms with Crippen LogP contribution in [0.5, 0.6) is 0 Å². The third kappa shape index (κ3) is 2.82. The molecule has 35 heavy (non-hydrogen) atoms. The highest BCUT2D eigenvalue weighted by molar-refractivity contribution is 6.11. The van der Waals surface area contributed by atoms with Crippen LogP contribution in [0.3, 0.4) is 0 Å². The fourth-order valence-corrected chi connectivity index (χ4v) is 5.20. The number of nitro benzene ring substituents is 1. The van der Waals surface area contributed by atoms with Crippen molar-refractivity contribution in [2.45, 2.75) is 0 Å². The molecule has 0 aliphatic carbocycles. The first-order chi connectivity index (χ1) is 17.2. The van der Waals surface area contributed by atoms with Gasteiger partial charge >= 0.3 is 0 Å². The maximum absolute atomic E-state index is 12.1. The smallest absolute Gasteiger partial charge is 0.277 e. The largest absolute Gasteiger partial charge is 0.455 e. The third-order valence-electron chi connectivity index (χ3n) is 6.71. The first kappa shape index (κ1) is 19.6. The molecular formula is C30H18N2O3. The molecule has 5 nitrogen and oxygen atoms in total. The van der Waals surface area contributed by atoms with Crippen LogP contribution < -0.4 is 0 Å². The Bertz CT molecular complexity index is 1890. The molecule has 0 aliphatic rings. The average Bonchev–Trinajstić information content (AvgIpc) is 3.44. The normalized spacial score (nSPS) is 11.7. The van der Waals surface area contributed by atoms with Gasteiger partial charge in [-0.25, -0.2) is 0 Å². The zero-order valence-electron chi connectivity index (χ0n) is 18.5. The van der Waals surface area contributed by atoms with Gasteiger partial charge < -0.3 is 8.98 Å². The molecule has 0 fully saturated rings. The summed E-state index contributed by atoms with van der Waals surface area (Å²) in [5, 5.41) is 16.3. The molecule has 0 bridgehead atoms. The number of rotatable bonds is 3. The van der Waals surface area contributed by atoms with E-state index in [9.17, 15) is 10.1 Å². The molecular weight excluding hydrogens is 436 g/mol. The van der Waals surface area contributed by atoms with Crippen molar-refractivity contribution in [1.82, 2.24) is 4.57 Å². The number of hydrogen-bond donors (Lipinski definition) is 0. The van der Waals surface area contributed by atoms with E-state index in [1.807, 2.05) is 78.9 Å². The Balaban J connectivity index is 1.56. The van der Waals surface area contributed by atoms with Crippen molar-refractivity contribution in [3.8, 4) is 16.8 Å². The van der Waals surface area contributed by atoms with Crippen molar-refractivity contribution in [3.63, 3.8) is 0 Å². The summed E-state index contributed by atoms with van der Waals surface area (Å²) in [6, 6.07) is 35.4. The van der Waals surface area contributed by atoms with Crippen LogP contribution in [0.1, 0.15) is 0 Å². The topological polar surface area (TPSA) is 61.2 Å². The number of benzene rings is 5. The van der Waals surface area contributed by atoms with E-state index >= 15 is 0 Å². The lowest BCUT2D eigenvalue weighted by Gasteiger charge is -2.11. The molecule has 0 N–H and O–H groups in total. The Hall–Kier alpha value is -4.90. The second-order valence-electron chi connectivity index (χ2n) is 8.61. The molecule has 0 amide bonds. The number of fused-ring (bicyclic) bond motifs is 6. The van der Waals surface area contributed by atoms with Gasteiger partial charge in [0.2, 0.25) is 0 Å². The molecule has 0 spiro atoms. The molecule has 0 saturated heterocycles. The minimum Gasteiger partial charge on any atom is -0.455 e. The highest BCUT2D eigenvalue weighted by Crippen LogP contribution is 2.41. The summed E-state index contributed by atoms with van der Waals surface area (Å²) in [5.74, 6) is 0. The highest BCUT2D eigenvalue weighted by Gasteiger charge is 2.22. The van der Waals surface area contributed by atoms with Gasteiger partial charge in [-0.1, -0.05) is 72.8 Å². The summed E-state index contributed by atoms with van der Waals surface area (Å²) in [4.78, 5) is 11.8. The van der Waals surface area contributed by atoms with Gasteiger partial charge in [0, 0.05) is 38.9 Å². The molecule has 166 valence electrons. The van der Waals surface area contributed by atoms with Crippen LogP contribution in [0.2, 0.25) is 0 Å². The van der Waals surface area contributed by atoms with Crippen LogP contribution >= 0.6 is 0 Å². The molecule has 5 aromatic carbocycles. The van der Waals surface area contributed by atoms with E-state index in [-0.39, 0.29) is 10.6 Å². The second kappa shape index (κ2) is 7.30. The molecule has 0 saturated carbocycles. The van der Waals surface area contributed by atoms with Crippen molar-refractivity contribution in [1.29, 1.82) is 0 Å². The van der Waals surface area contributed by atoms with Crippen molar-refractivity contribution < 1.29 is 9.34 Å². The fraction of sp³-hybridized carbons (Fsp3) is 0. The minimum atomic E-state index is -0.327. The van der Waals surface area contributed by atoms with Crippen LogP contribution in [0.4, 0.5) is 5.69 Å². The first-order valence-electron chi connectivity index (χ1n) is 11.4. The fourth-order valence-electron chi connectivity index (χ4n) is 5.20. The van der Waals surface area contributed by atoms with E-state index in [1.54, 1.807) is 6.07 Å². The predicted molar refractivity (Wildman–Crippen MR) is 140 cm³/mol. The summed E-state index contributed by atoms with van der Waals surface area (Å²) >= 11 is 0. The Morgan fingerprint density at radius 2 is 1.26 bits per heavy atom. The molecule has 2 heterocycles. The van der Waals surface area contributed by atoms with Crippen molar-refractivity contribution in [2.24, 2.45) is 0 Å². The summed E-state index contributed by atoms with van der Waals surface area (Å²) < 4.78 is 8.38. The average molecular weight is 454 g/mol. The van der Waals surface area contributed by atoms with Crippen LogP contribution in [0.25, 0.3) is 60.6 Å². The summed E-state index contributed by atoms with van der Waals surface area (Å²) in [7, 11) is 0. The standard InChI is InChI=1S/C30H18N2O3/c33-32(34)28-17-16-19(31-26-13-4-1-8-20(26)21-9-2-5-14-27(21)31)18-25(28)24-12-7-11-23-22-10-3-6-15-29(22)35-30(23)24/h1-18H. The molecule has 7 rings (SSSR count). The van der Waals surface area contributed by atoms with Gasteiger partial charge in [0.15, 0.2) is 0 Å². The zero-order valence-corrected chi connectivity index (χ0v) is 18.5. The van der Waals surface area contributed by atoms with Gasteiger partial charge in [0.1, 0.15) is 11.2 Å². The molecule has 0 radical (unpaired) electrons. The summed E-state index contributed by atoms with van der Waals surface area (Å²) in [6.07, 6.45) is 0. The molecule has 0 atom stereocenters. The molecule has 0 aliphatic heterocycles. The monoisotopic (exact) mass is 454 g/mol. The van der Waals surface area contributed by atoms with E-state index in [4.69, 9.17) is 4.42 Å². The van der Waals surface area contributed by atoms with Crippen molar-refractivity contribution in [2.75, 3.05) is 0 Å². The number of nitrogens with zero attached hydrogens (tertiary/aromatic N) is 2. The van der Waals surface area contributed by atoms with Gasteiger partial charge in [0.25, 0.3) is 5.69 Å². The summed E-state index contributed by atoms with van der Waals surface area (Å²) in [5.41, 5.74) is 5.64. The molecule has 0 unspecified atom stereocenters. The van der Waals surface area contributed by atoms with E-state index in [2.05, 4.69) is 28.8 Å². The number of nitro groups is 1. The Morgan fingerprint density at radius 1 is 0.629 bits per heavy atom. The van der Waals surface area contributed by atoms with Crippen molar-refractivity contribution in [3.05, 3.63) is 119 Å². The quantitative estimate of drug-likeness (QED) is 0.199. The van der Waals surface area contributed by atoms with Crippen molar-refractivity contribution >= 4 is 49.4 Å². The predicted octanol–water partition coefficient (Wildman–Crippen LogP) is 8.26. The zero-order chi connectivity index (χ0) is 23.5. The molecule has 7 aromatic rings. The summed E-state index contributed by atoms with van der Waals surface area (Å²) in [6.45, 7) is 0. The van der Waals surface area contributed by atoms with E-state index < -0.39 is 0 Å². The van der Waals surface area contributed by atoms with Gasteiger partial charge in [-0.3, -0.25) is 10.1 Å².